The van der Waals surface area contributed by atoms with Crippen molar-refractivity contribution in [2.45, 2.75) is 62.9 Å². The summed E-state index contributed by atoms with van der Waals surface area (Å²) in [6.45, 7) is 5.38. The number of carboxylic acids is 1. The van der Waals surface area contributed by atoms with E-state index < -0.39 is 5.97 Å². The molecule has 4 aliphatic rings. The molecule has 0 bridgehead atoms. The maximum Gasteiger partial charge on any atom is 0.353 e. The average Bonchev–Trinajstić information content (AvgIpc) is 3.48. The minimum Gasteiger partial charge on any atom is -0.477 e. The molecule has 0 aliphatic carbocycles. The third kappa shape index (κ3) is 4.33. The number of carbonyl (C=O) groups is 4. The zero-order chi connectivity index (χ0) is 24.0. The lowest BCUT2D eigenvalue weighted by atomic mass is 9.73. The van der Waals surface area contributed by atoms with E-state index in [9.17, 15) is 24.3 Å². The molecule has 0 aromatic rings. The molecule has 0 radical (unpaired) electrons. The Hall–Kier alpha value is -1.91. The third-order valence-corrected chi connectivity index (χ3v) is 9.01. The van der Waals surface area contributed by atoms with Crippen LogP contribution in [0.25, 0.3) is 0 Å². The summed E-state index contributed by atoms with van der Waals surface area (Å²) < 4.78 is 0. The van der Waals surface area contributed by atoms with E-state index >= 15 is 0 Å². The number of carbonyl (C=O) groups excluding carboxylic acids is 3. The number of hydrogen-bond acceptors (Lipinski definition) is 7. The van der Waals surface area contributed by atoms with Gasteiger partial charge in [-0.3, -0.25) is 14.4 Å². The maximum atomic E-state index is 13.1. The van der Waals surface area contributed by atoms with Crippen LogP contribution < -0.4 is 10.6 Å². The van der Waals surface area contributed by atoms with Gasteiger partial charge in [-0.05, 0) is 31.7 Å². The van der Waals surface area contributed by atoms with Gasteiger partial charge in [0.15, 0.2) is 0 Å². The molecule has 4 aliphatic heterocycles. The highest BCUT2D eigenvalue weighted by Crippen LogP contribution is 2.53. The molecule has 4 heterocycles. The van der Waals surface area contributed by atoms with Crippen LogP contribution in [0.1, 0.15) is 39.5 Å². The Kier molecular flexibility index (Phi) is 6.89. The highest BCUT2D eigenvalue weighted by molar-refractivity contribution is 8.03. The van der Waals surface area contributed by atoms with Gasteiger partial charge in [0, 0.05) is 43.1 Å². The summed E-state index contributed by atoms with van der Waals surface area (Å²) in [5, 5.41) is 16.5. The number of Topliss-reactive ketones (excluding diaryl/α,β-unsaturated/α-hetero) is 1. The molecule has 3 saturated heterocycles. The minimum atomic E-state index is -1.09. The van der Waals surface area contributed by atoms with Gasteiger partial charge < -0.3 is 25.5 Å². The number of hydrogen-bond donors (Lipinski definition) is 3. The van der Waals surface area contributed by atoms with Crippen molar-refractivity contribution in [3.8, 4) is 0 Å². The summed E-state index contributed by atoms with van der Waals surface area (Å²) in [5.41, 5.74) is 0.0807. The lowest BCUT2D eigenvalue weighted by molar-refractivity contribution is -0.160. The second-order valence-corrected chi connectivity index (χ2v) is 11.3. The number of carboxylic acid groups (broad SMARTS) is 1. The molecule has 33 heavy (non-hydrogen) atoms. The molecular weight excluding hydrogens is 444 g/mol. The number of likely N-dealkylation sites (N-methyl/N-ethyl adjacent to an activating group) is 1. The van der Waals surface area contributed by atoms with E-state index in [1.165, 1.54) is 16.7 Å². The third-order valence-electron chi connectivity index (χ3n) is 7.50. The first-order chi connectivity index (χ1) is 15.6. The number of β-lactam (4-membered cyclic amide) rings is 1. The quantitative estimate of drug-likeness (QED) is 0.436. The topological polar surface area (TPSA) is 119 Å². The number of thioether (sulfide) groups is 1. The van der Waals surface area contributed by atoms with Crippen LogP contribution in [-0.2, 0) is 19.2 Å². The van der Waals surface area contributed by atoms with E-state index in [-0.39, 0.29) is 64.4 Å². The zero-order valence-electron chi connectivity index (χ0n) is 19.7. The van der Waals surface area contributed by atoms with Crippen molar-refractivity contribution in [1.82, 2.24) is 20.4 Å². The Balaban J connectivity index is 1.45. The van der Waals surface area contributed by atoms with Gasteiger partial charge in [-0.25, -0.2) is 4.79 Å². The summed E-state index contributed by atoms with van der Waals surface area (Å²) in [4.78, 5) is 53.9. The normalized spacial score (nSPS) is 34.3. The molecule has 9 nitrogen and oxygen atoms in total. The van der Waals surface area contributed by atoms with E-state index in [0.29, 0.717) is 24.3 Å². The Bertz CT molecular complexity index is 884. The van der Waals surface area contributed by atoms with Gasteiger partial charge in [0.1, 0.15) is 11.5 Å². The summed E-state index contributed by atoms with van der Waals surface area (Å²) in [5.74, 6) is -1.72. The standard InChI is InChI=1S/C23H34N4O5S/c1-11(8-16(28)14-6-5-7-24-14)17-18-12(2)20(19(23(31)32)27(18)22(17)30)33-13-9-15(25-10-13)21(29)26(3)4/h11-15,17-18,24-25H,5-10H2,1-4H3,(H,31,32)/t11-,12+,13-,14+,15-,17+,18+/m0/s1. The van der Waals surface area contributed by atoms with Gasteiger partial charge >= 0.3 is 5.97 Å². The molecular formula is C23H34N4O5S. The number of nitrogens with zero attached hydrogens (tertiary/aromatic N) is 2. The van der Waals surface area contributed by atoms with Crippen molar-refractivity contribution in [2.75, 3.05) is 27.2 Å². The minimum absolute atomic E-state index is 0.0133. The zero-order valence-corrected chi connectivity index (χ0v) is 20.5. The van der Waals surface area contributed by atoms with E-state index in [2.05, 4.69) is 10.6 Å². The fraction of sp³-hybridized carbons (Fsp3) is 0.739. The number of amides is 2. The largest absolute Gasteiger partial charge is 0.477 e. The number of nitrogens with one attached hydrogen (secondary N) is 2. The van der Waals surface area contributed by atoms with Crippen LogP contribution in [0.3, 0.4) is 0 Å². The van der Waals surface area contributed by atoms with Crippen molar-refractivity contribution in [3.63, 3.8) is 0 Å². The predicted molar refractivity (Wildman–Crippen MR) is 124 cm³/mol. The monoisotopic (exact) mass is 478 g/mol. The maximum absolute atomic E-state index is 13.1. The van der Waals surface area contributed by atoms with Gasteiger partial charge in [-0.2, -0.15) is 0 Å². The lowest BCUT2D eigenvalue weighted by Crippen LogP contribution is -2.62. The Morgan fingerprint density at radius 2 is 1.97 bits per heavy atom. The summed E-state index contributed by atoms with van der Waals surface area (Å²) >= 11 is 1.48. The van der Waals surface area contributed by atoms with Crippen LogP contribution >= 0.6 is 11.8 Å². The van der Waals surface area contributed by atoms with E-state index in [4.69, 9.17) is 0 Å². The van der Waals surface area contributed by atoms with Crippen molar-refractivity contribution in [3.05, 3.63) is 10.6 Å². The van der Waals surface area contributed by atoms with E-state index in [1.54, 1.807) is 19.0 Å². The van der Waals surface area contributed by atoms with Crippen LogP contribution in [0.4, 0.5) is 0 Å². The van der Waals surface area contributed by atoms with Crippen LogP contribution in [-0.4, -0.2) is 89.0 Å². The van der Waals surface area contributed by atoms with Crippen molar-refractivity contribution in [2.24, 2.45) is 17.8 Å². The van der Waals surface area contributed by atoms with Crippen LogP contribution in [0, 0.1) is 17.8 Å². The summed E-state index contributed by atoms with van der Waals surface area (Å²) in [7, 11) is 3.44. The van der Waals surface area contributed by atoms with Crippen molar-refractivity contribution in [1.29, 1.82) is 0 Å². The molecule has 182 valence electrons. The average molecular weight is 479 g/mol. The first-order valence-electron chi connectivity index (χ1n) is 11.8. The Morgan fingerprint density at radius 1 is 1.24 bits per heavy atom. The second-order valence-electron chi connectivity index (χ2n) is 10.00. The van der Waals surface area contributed by atoms with Gasteiger partial charge in [0.05, 0.1) is 24.0 Å². The molecule has 2 amide bonds. The van der Waals surface area contributed by atoms with Crippen molar-refractivity contribution < 1.29 is 24.3 Å². The lowest BCUT2D eigenvalue weighted by Gasteiger charge is -2.47. The number of fused-ring (bicyclic) bond motifs is 1. The van der Waals surface area contributed by atoms with Gasteiger partial charge in [-0.15, -0.1) is 11.8 Å². The van der Waals surface area contributed by atoms with Crippen LogP contribution in [0.15, 0.2) is 10.6 Å². The number of aliphatic carboxylic acids is 1. The van der Waals surface area contributed by atoms with E-state index in [1.807, 2.05) is 13.8 Å². The van der Waals surface area contributed by atoms with E-state index in [0.717, 1.165) is 19.4 Å². The smallest absolute Gasteiger partial charge is 0.353 e. The highest BCUT2D eigenvalue weighted by Gasteiger charge is 2.60. The van der Waals surface area contributed by atoms with Crippen LogP contribution in [0.2, 0.25) is 0 Å². The fourth-order valence-corrected chi connectivity index (χ4v) is 7.26. The molecule has 3 N–H and O–H groups in total. The molecule has 4 rings (SSSR count). The van der Waals surface area contributed by atoms with Gasteiger partial charge in [-0.1, -0.05) is 13.8 Å². The Morgan fingerprint density at radius 3 is 2.58 bits per heavy atom. The first-order valence-corrected chi connectivity index (χ1v) is 12.7. The number of rotatable bonds is 8. The molecule has 0 unspecified atom stereocenters. The van der Waals surface area contributed by atoms with Gasteiger partial charge in [0.25, 0.3) is 0 Å². The molecule has 0 aromatic carbocycles. The second kappa shape index (κ2) is 9.38. The van der Waals surface area contributed by atoms with Gasteiger partial charge in [0.2, 0.25) is 11.8 Å². The fourth-order valence-electron chi connectivity index (χ4n) is 5.79. The molecule has 0 spiro atoms. The van der Waals surface area contributed by atoms with Crippen LogP contribution in [0.5, 0.6) is 0 Å². The molecule has 0 saturated carbocycles. The summed E-state index contributed by atoms with van der Waals surface area (Å²) in [6, 6.07) is -0.616. The molecule has 10 heteroatoms. The van der Waals surface area contributed by atoms with Crippen molar-refractivity contribution >= 4 is 35.3 Å². The molecule has 0 aromatic heterocycles. The molecule has 3 fully saturated rings. The predicted octanol–water partition coefficient (Wildman–Crippen LogP) is 0.659. The molecule has 7 atom stereocenters. The highest BCUT2D eigenvalue weighted by atomic mass is 32.2. The number of ketones is 1. The first kappa shape index (κ1) is 24.2. The SMILES string of the molecule is C[C@@H](CC(=O)[C@H]1CCCN1)[C@H]1C(=O)N2C(C(=O)O)=C(S[C@@H]3CN[C@H](C(=O)N(C)C)C3)[C@H](C)[C@H]12. The summed E-state index contributed by atoms with van der Waals surface area (Å²) in [6.07, 6.45) is 2.78. The Labute approximate surface area is 198 Å².